The number of rotatable bonds is 9. The van der Waals surface area contributed by atoms with Crippen LogP contribution in [-0.4, -0.2) is 29.5 Å². The number of thiocarbonyl (C=S) groups is 1. The molecule has 96 valence electrons. The zero-order chi connectivity index (χ0) is 12.6. The molecule has 0 aliphatic carbocycles. The molecule has 0 saturated carbocycles. The molecule has 0 aliphatic heterocycles. The van der Waals surface area contributed by atoms with E-state index in [2.05, 4.69) is 32.6 Å². The van der Waals surface area contributed by atoms with Gasteiger partial charge in [0.25, 0.3) is 0 Å². The monoisotopic (exact) mass is 244 g/mol. The third-order valence-electron chi connectivity index (χ3n) is 2.55. The summed E-state index contributed by atoms with van der Waals surface area (Å²) in [6.45, 7) is 12.4. The Balaban J connectivity index is 3.85. The van der Waals surface area contributed by atoms with Gasteiger partial charge in [0, 0.05) is 19.5 Å². The highest BCUT2D eigenvalue weighted by Gasteiger charge is 2.07. The minimum atomic E-state index is 0.637. The molecule has 0 aliphatic rings. The van der Waals surface area contributed by atoms with E-state index < -0.39 is 0 Å². The van der Waals surface area contributed by atoms with Gasteiger partial charge in [-0.1, -0.05) is 39.9 Å². The predicted octanol–water partition coefficient (Wildman–Crippen LogP) is 3.06. The molecule has 0 heterocycles. The number of nitrogens with two attached hydrogens (primary N) is 1. The highest BCUT2D eigenvalue weighted by molar-refractivity contribution is 7.80. The van der Waals surface area contributed by atoms with Crippen LogP contribution in [0.5, 0.6) is 0 Å². The van der Waals surface area contributed by atoms with E-state index in [9.17, 15) is 0 Å². The smallest absolute Gasteiger partial charge is 0.0740 e. The first-order valence-electron chi connectivity index (χ1n) is 6.42. The zero-order valence-electron chi connectivity index (χ0n) is 11.3. The van der Waals surface area contributed by atoms with E-state index in [0.29, 0.717) is 10.9 Å². The quantitative estimate of drug-likeness (QED) is 0.632. The molecule has 0 rings (SSSR count). The molecule has 16 heavy (non-hydrogen) atoms. The Morgan fingerprint density at radius 3 is 2.19 bits per heavy atom. The van der Waals surface area contributed by atoms with Crippen LogP contribution < -0.4 is 5.73 Å². The van der Waals surface area contributed by atoms with Crippen molar-refractivity contribution in [2.45, 2.75) is 47.0 Å². The largest absolute Gasteiger partial charge is 0.393 e. The molecule has 0 aromatic carbocycles. The Bertz CT molecular complexity index is 190. The molecule has 3 heteroatoms. The minimum Gasteiger partial charge on any atom is -0.393 e. The summed E-state index contributed by atoms with van der Waals surface area (Å²) in [5.41, 5.74) is 5.55. The standard InChI is InChI=1S/C13H28N2S/c1-11(2)6-5-8-15(10-12(3)4)9-7-13(14)16/h11-12H,5-10H2,1-4H3,(H2,14,16). The van der Waals surface area contributed by atoms with Crippen molar-refractivity contribution in [1.82, 2.24) is 4.90 Å². The van der Waals surface area contributed by atoms with Gasteiger partial charge in [-0.25, -0.2) is 0 Å². The Hall–Kier alpha value is -0.150. The van der Waals surface area contributed by atoms with Gasteiger partial charge in [-0.05, 0) is 31.2 Å². The maximum atomic E-state index is 5.55. The Labute approximate surface area is 107 Å². The van der Waals surface area contributed by atoms with E-state index >= 15 is 0 Å². The van der Waals surface area contributed by atoms with Crippen LogP contribution in [-0.2, 0) is 0 Å². The fourth-order valence-electron chi connectivity index (χ4n) is 1.80. The van der Waals surface area contributed by atoms with Crippen molar-refractivity contribution in [2.24, 2.45) is 17.6 Å². The summed E-state index contributed by atoms with van der Waals surface area (Å²) < 4.78 is 0. The van der Waals surface area contributed by atoms with Gasteiger partial charge in [0.15, 0.2) is 0 Å². The first-order chi connectivity index (χ1) is 7.41. The number of hydrogen-bond donors (Lipinski definition) is 1. The Morgan fingerprint density at radius 1 is 1.12 bits per heavy atom. The molecule has 0 saturated heterocycles. The van der Waals surface area contributed by atoms with Gasteiger partial charge in [0.1, 0.15) is 0 Å². The highest BCUT2D eigenvalue weighted by atomic mass is 32.1. The normalized spacial score (nSPS) is 11.7. The Kier molecular flexibility index (Phi) is 8.86. The summed E-state index contributed by atoms with van der Waals surface area (Å²) in [6, 6.07) is 0. The summed E-state index contributed by atoms with van der Waals surface area (Å²) in [5.74, 6) is 1.52. The van der Waals surface area contributed by atoms with Crippen molar-refractivity contribution in [3.8, 4) is 0 Å². The zero-order valence-corrected chi connectivity index (χ0v) is 12.1. The first kappa shape index (κ1) is 15.9. The van der Waals surface area contributed by atoms with Crippen molar-refractivity contribution in [2.75, 3.05) is 19.6 Å². The topological polar surface area (TPSA) is 29.3 Å². The molecule has 0 aromatic rings. The van der Waals surface area contributed by atoms with Crippen LogP contribution >= 0.6 is 12.2 Å². The van der Waals surface area contributed by atoms with Crippen molar-refractivity contribution in [1.29, 1.82) is 0 Å². The third kappa shape index (κ3) is 10.4. The van der Waals surface area contributed by atoms with Crippen LogP contribution in [0.25, 0.3) is 0 Å². The summed E-state index contributed by atoms with van der Waals surface area (Å²) in [5, 5.41) is 0. The summed E-state index contributed by atoms with van der Waals surface area (Å²) in [4.78, 5) is 3.13. The highest BCUT2D eigenvalue weighted by Crippen LogP contribution is 2.07. The fourth-order valence-corrected chi connectivity index (χ4v) is 1.89. The van der Waals surface area contributed by atoms with Gasteiger partial charge in [-0.15, -0.1) is 0 Å². The lowest BCUT2D eigenvalue weighted by atomic mass is 10.1. The number of hydrogen-bond acceptors (Lipinski definition) is 2. The van der Waals surface area contributed by atoms with Crippen LogP contribution in [0.15, 0.2) is 0 Å². The van der Waals surface area contributed by atoms with Crippen molar-refractivity contribution in [3.63, 3.8) is 0 Å². The average molecular weight is 244 g/mol. The SMILES string of the molecule is CC(C)CCCN(CCC(N)=S)CC(C)C. The maximum Gasteiger partial charge on any atom is 0.0740 e. The molecule has 2 nitrogen and oxygen atoms in total. The van der Waals surface area contributed by atoms with Crippen LogP contribution in [0.2, 0.25) is 0 Å². The lowest BCUT2D eigenvalue weighted by molar-refractivity contribution is 0.242. The van der Waals surface area contributed by atoms with Crippen LogP contribution in [0.3, 0.4) is 0 Å². The minimum absolute atomic E-state index is 0.637. The van der Waals surface area contributed by atoms with Gasteiger partial charge >= 0.3 is 0 Å². The van der Waals surface area contributed by atoms with Gasteiger partial charge in [-0.2, -0.15) is 0 Å². The van der Waals surface area contributed by atoms with Crippen LogP contribution in [0.1, 0.15) is 47.0 Å². The molecule has 0 bridgehead atoms. The van der Waals surface area contributed by atoms with E-state index in [1.165, 1.54) is 19.4 Å². The van der Waals surface area contributed by atoms with Crippen molar-refractivity contribution < 1.29 is 0 Å². The van der Waals surface area contributed by atoms with E-state index in [1.54, 1.807) is 0 Å². The molecule has 0 fully saturated rings. The van der Waals surface area contributed by atoms with Gasteiger partial charge in [0.05, 0.1) is 4.99 Å². The van der Waals surface area contributed by atoms with Crippen LogP contribution in [0.4, 0.5) is 0 Å². The van der Waals surface area contributed by atoms with E-state index in [-0.39, 0.29) is 0 Å². The molecular formula is C13H28N2S. The second kappa shape index (κ2) is 8.94. The third-order valence-corrected chi connectivity index (χ3v) is 2.76. The molecule has 0 spiro atoms. The lowest BCUT2D eigenvalue weighted by Gasteiger charge is -2.24. The summed E-state index contributed by atoms with van der Waals surface area (Å²) in [6.07, 6.45) is 3.44. The second-order valence-corrected chi connectivity index (χ2v) is 5.97. The van der Waals surface area contributed by atoms with Gasteiger partial charge in [-0.3, -0.25) is 0 Å². The maximum absolute atomic E-state index is 5.55. The average Bonchev–Trinajstić information content (AvgIpc) is 2.12. The fraction of sp³-hybridized carbons (Fsp3) is 0.923. The molecule has 0 unspecified atom stereocenters. The second-order valence-electron chi connectivity index (χ2n) is 5.45. The summed E-state index contributed by atoms with van der Waals surface area (Å²) in [7, 11) is 0. The molecular weight excluding hydrogens is 216 g/mol. The van der Waals surface area contributed by atoms with Crippen molar-refractivity contribution >= 4 is 17.2 Å². The van der Waals surface area contributed by atoms with E-state index in [1.807, 2.05) is 0 Å². The summed E-state index contributed by atoms with van der Waals surface area (Å²) >= 11 is 4.93. The molecule has 2 N–H and O–H groups in total. The van der Waals surface area contributed by atoms with Crippen molar-refractivity contribution in [3.05, 3.63) is 0 Å². The Morgan fingerprint density at radius 2 is 1.75 bits per heavy atom. The van der Waals surface area contributed by atoms with E-state index in [4.69, 9.17) is 18.0 Å². The van der Waals surface area contributed by atoms with Crippen LogP contribution in [0, 0.1) is 11.8 Å². The molecule has 0 aromatic heterocycles. The molecule has 0 atom stereocenters. The predicted molar refractivity (Wildman–Crippen MR) is 76.8 cm³/mol. The van der Waals surface area contributed by atoms with Gasteiger partial charge < -0.3 is 10.6 Å². The van der Waals surface area contributed by atoms with E-state index in [0.717, 1.165) is 25.4 Å². The first-order valence-corrected chi connectivity index (χ1v) is 6.83. The van der Waals surface area contributed by atoms with Gasteiger partial charge in [0.2, 0.25) is 0 Å². The molecule has 0 radical (unpaired) electrons. The molecule has 0 amide bonds. The lowest BCUT2D eigenvalue weighted by Crippen LogP contribution is -2.32. The number of nitrogens with zero attached hydrogens (tertiary/aromatic N) is 1.